The predicted octanol–water partition coefficient (Wildman–Crippen LogP) is 1.56. The molecule has 1 aliphatic carbocycles. The molecule has 0 atom stereocenters. The van der Waals surface area contributed by atoms with Crippen molar-refractivity contribution in [3.05, 3.63) is 0 Å². The number of hydrogen-bond donors (Lipinski definition) is 1. The van der Waals surface area contributed by atoms with Crippen LogP contribution in [0.5, 0.6) is 0 Å². The van der Waals surface area contributed by atoms with Crippen molar-refractivity contribution in [3.8, 4) is 0 Å². The third kappa shape index (κ3) is 2.63. The van der Waals surface area contributed by atoms with E-state index in [9.17, 15) is 0 Å². The fourth-order valence-electron chi connectivity index (χ4n) is 2.99. The van der Waals surface area contributed by atoms with Gasteiger partial charge in [0.05, 0.1) is 0 Å². The Labute approximate surface area is 104 Å². The van der Waals surface area contributed by atoms with Crippen LogP contribution in [0.1, 0.15) is 32.6 Å². The lowest BCUT2D eigenvalue weighted by atomic mass is 9.98. The molecule has 1 N–H and O–H groups in total. The molecule has 1 saturated heterocycles. The van der Waals surface area contributed by atoms with Gasteiger partial charge >= 0.3 is 0 Å². The molecule has 17 heavy (non-hydrogen) atoms. The minimum absolute atomic E-state index is 0.259. The summed E-state index contributed by atoms with van der Waals surface area (Å²) in [4.78, 5) is 4.55. The molecule has 0 unspecified atom stereocenters. The van der Waals surface area contributed by atoms with Gasteiger partial charge in [-0.1, -0.05) is 0 Å². The lowest BCUT2D eigenvalue weighted by Crippen LogP contribution is -2.54. The van der Waals surface area contributed by atoms with E-state index >= 15 is 0 Å². The molecule has 2 aliphatic rings. The zero-order chi connectivity index (χ0) is 12.3. The van der Waals surface area contributed by atoms with E-state index in [0.717, 1.165) is 51.5 Å². The molecule has 0 spiro atoms. The van der Waals surface area contributed by atoms with Gasteiger partial charge in [-0.25, -0.2) is 0 Å². The number of likely N-dealkylation sites (N-methyl/N-ethyl adjacent to an activating group) is 1. The monoisotopic (exact) mass is 239 g/mol. The lowest BCUT2D eigenvalue weighted by Gasteiger charge is -2.40. The Hall–Kier alpha value is -0.610. The Morgan fingerprint density at radius 3 is 2.29 bits per heavy atom. The zero-order valence-corrected chi connectivity index (χ0v) is 11.2. The van der Waals surface area contributed by atoms with Crippen LogP contribution >= 0.6 is 0 Å². The second-order valence-electron chi connectivity index (χ2n) is 5.27. The van der Waals surface area contributed by atoms with Gasteiger partial charge in [0, 0.05) is 32.8 Å². The fourth-order valence-corrected chi connectivity index (χ4v) is 2.99. The number of rotatable bonds is 3. The standard InChI is InChI=1S/C13H25N3O/c1-3-17-13(6-4-5-7-13)12(14)16-10-8-15(2)9-11-16/h14H,3-11H2,1-2H3. The largest absolute Gasteiger partial charge is 0.367 e. The summed E-state index contributed by atoms with van der Waals surface area (Å²) < 4.78 is 5.95. The summed E-state index contributed by atoms with van der Waals surface area (Å²) in [7, 11) is 2.15. The second-order valence-corrected chi connectivity index (χ2v) is 5.27. The molecule has 1 saturated carbocycles. The normalized spacial score (nSPS) is 25.2. The molecule has 0 aromatic rings. The molecule has 0 aromatic carbocycles. The van der Waals surface area contributed by atoms with E-state index in [-0.39, 0.29) is 5.60 Å². The Morgan fingerprint density at radius 2 is 1.76 bits per heavy atom. The molecule has 1 aliphatic heterocycles. The van der Waals surface area contributed by atoms with Gasteiger partial charge < -0.3 is 14.5 Å². The van der Waals surface area contributed by atoms with Gasteiger partial charge in [-0.15, -0.1) is 0 Å². The Balaban J connectivity index is 2.01. The molecule has 0 bridgehead atoms. The maximum Gasteiger partial charge on any atom is 0.129 e. The van der Waals surface area contributed by atoms with E-state index in [4.69, 9.17) is 10.1 Å². The van der Waals surface area contributed by atoms with E-state index in [1.807, 2.05) is 6.92 Å². The van der Waals surface area contributed by atoms with Gasteiger partial charge in [-0.2, -0.15) is 0 Å². The highest BCUT2D eigenvalue weighted by Crippen LogP contribution is 2.35. The van der Waals surface area contributed by atoms with Crippen LogP contribution in [0.3, 0.4) is 0 Å². The summed E-state index contributed by atoms with van der Waals surface area (Å²) in [5.74, 6) is 0.741. The summed E-state index contributed by atoms with van der Waals surface area (Å²) in [5, 5.41) is 8.48. The Kier molecular flexibility index (Phi) is 4.05. The number of hydrogen-bond acceptors (Lipinski definition) is 3. The molecule has 2 fully saturated rings. The maximum absolute atomic E-state index is 8.48. The quantitative estimate of drug-likeness (QED) is 0.600. The van der Waals surface area contributed by atoms with Gasteiger partial charge in [0.1, 0.15) is 11.4 Å². The molecular weight excluding hydrogens is 214 g/mol. The Morgan fingerprint density at radius 1 is 1.18 bits per heavy atom. The first-order chi connectivity index (χ1) is 8.18. The van der Waals surface area contributed by atoms with Crippen molar-refractivity contribution >= 4 is 5.84 Å². The highest BCUT2D eigenvalue weighted by atomic mass is 16.5. The summed E-state index contributed by atoms with van der Waals surface area (Å²) in [6.07, 6.45) is 4.48. The highest BCUT2D eigenvalue weighted by Gasteiger charge is 2.41. The molecule has 0 amide bonds. The summed E-state index contributed by atoms with van der Waals surface area (Å²) in [5.41, 5.74) is -0.259. The van der Waals surface area contributed by atoms with Gasteiger partial charge in [0.15, 0.2) is 0 Å². The van der Waals surface area contributed by atoms with Gasteiger partial charge in [-0.05, 0) is 39.7 Å². The predicted molar refractivity (Wildman–Crippen MR) is 69.6 cm³/mol. The molecule has 4 nitrogen and oxygen atoms in total. The molecule has 1 heterocycles. The fraction of sp³-hybridized carbons (Fsp3) is 0.923. The van der Waals surface area contributed by atoms with Crippen LogP contribution in [0.4, 0.5) is 0 Å². The minimum Gasteiger partial charge on any atom is -0.367 e. The van der Waals surface area contributed by atoms with Crippen molar-refractivity contribution in [2.24, 2.45) is 0 Å². The number of ether oxygens (including phenoxy) is 1. The van der Waals surface area contributed by atoms with Crippen LogP contribution in [0.2, 0.25) is 0 Å². The molecular formula is C13H25N3O. The zero-order valence-electron chi connectivity index (χ0n) is 11.2. The van der Waals surface area contributed by atoms with E-state index in [2.05, 4.69) is 16.8 Å². The number of piperazine rings is 1. The van der Waals surface area contributed by atoms with E-state index in [1.54, 1.807) is 0 Å². The molecule has 0 aromatic heterocycles. The molecule has 0 radical (unpaired) electrons. The first-order valence-electron chi connectivity index (χ1n) is 6.84. The van der Waals surface area contributed by atoms with Crippen molar-refractivity contribution in [1.82, 2.24) is 9.80 Å². The van der Waals surface area contributed by atoms with Crippen molar-refractivity contribution in [1.29, 1.82) is 5.41 Å². The summed E-state index contributed by atoms with van der Waals surface area (Å²) in [6, 6.07) is 0. The van der Waals surface area contributed by atoms with E-state index in [1.165, 1.54) is 12.8 Å². The number of nitrogens with zero attached hydrogens (tertiary/aromatic N) is 2. The van der Waals surface area contributed by atoms with Gasteiger partial charge in [0.2, 0.25) is 0 Å². The van der Waals surface area contributed by atoms with E-state index in [0.29, 0.717) is 0 Å². The third-order valence-electron chi connectivity index (χ3n) is 4.08. The van der Waals surface area contributed by atoms with Crippen LogP contribution in [0, 0.1) is 5.41 Å². The maximum atomic E-state index is 8.48. The van der Waals surface area contributed by atoms with Crippen LogP contribution in [-0.4, -0.2) is 61.1 Å². The second kappa shape index (κ2) is 5.36. The van der Waals surface area contributed by atoms with Crippen molar-refractivity contribution in [3.63, 3.8) is 0 Å². The average molecular weight is 239 g/mol. The minimum atomic E-state index is -0.259. The summed E-state index contributed by atoms with van der Waals surface area (Å²) in [6.45, 7) is 6.83. The number of amidine groups is 1. The smallest absolute Gasteiger partial charge is 0.129 e. The van der Waals surface area contributed by atoms with Crippen LogP contribution in [0.25, 0.3) is 0 Å². The topological polar surface area (TPSA) is 39.6 Å². The average Bonchev–Trinajstić information content (AvgIpc) is 2.79. The van der Waals surface area contributed by atoms with Crippen LogP contribution in [0.15, 0.2) is 0 Å². The SMILES string of the molecule is CCOC1(C(=N)N2CCN(C)CC2)CCCC1. The van der Waals surface area contributed by atoms with Crippen LogP contribution < -0.4 is 0 Å². The van der Waals surface area contributed by atoms with Crippen LogP contribution in [-0.2, 0) is 4.74 Å². The molecule has 4 heteroatoms. The Bertz CT molecular complexity index is 266. The van der Waals surface area contributed by atoms with Gasteiger partial charge in [-0.3, -0.25) is 5.41 Å². The van der Waals surface area contributed by atoms with Crippen molar-refractivity contribution in [2.75, 3.05) is 39.8 Å². The highest BCUT2D eigenvalue weighted by molar-refractivity contribution is 5.88. The lowest BCUT2D eigenvalue weighted by molar-refractivity contribution is 0.00823. The molecule has 98 valence electrons. The molecule has 2 rings (SSSR count). The summed E-state index contributed by atoms with van der Waals surface area (Å²) >= 11 is 0. The van der Waals surface area contributed by atoms with Crippen molar-refractivity contribution in [2.45, 2.75) is 38.2 Å². The first kappa shape index (κ1) is 12.8. The first-order valence-corrected chi connectivity index (χ1v) is 6.84. The third-order valence-corrected chi connectivity index (χ3v) is 4.08. The van der Waals surface area contributed by atoms with E-state index < -0.39 is 0 Å². The number of nitrogens with one attached hydrogen (secondary N) is 1. The van der Waals surface area contributed by atoms with Gasteiger partial charge in [0.25, 0.3) is 0 Å². The van der Waals surface area contributed by atoms with Crippen molar-refractivity contribution < 1.29 is 4.74 Å².